The third-order valence-corrected chi connectivity index (χ3v) is 3.17. The van der Waals surface area contributed by atoms with E-state index in [1.165, 1.54) is 0 Å². The minimum absolute atomic E-state index is 0.145. The van der Waals surface area contributed by atoms with Crippen molar-refractivity contribution in [3.8, 4) is 0 Å². The summed E-state index contributed by atoms with van der Waals surface area (Å²) in [7, 11) is 0. The molecule has 0 aromatic heterocycles. The number of carbonyl (C=O) groups is 2. The highest BCUT2D eigenvalue weighted by molar-refractivity contribution is 5.85. The minimum atomic E-state index is -0.858. The van der Waals surface area contributed by atoms with Crippen molar-refractivity contribution in [1.82, 2.24) is 5.32 Å². The van der Waals surface area contributed by atoms with Crippen molar-refractivity contribution < 1.29 is 19.4 Å². The molecule has 2 unspecified atom stereocenters. The molecule has 0 radical (unpaired) electrons. The van der Waals surface area contributed by atoms with Crippen LogP contribution in [0.1, 0.15) is 33.1 Å². The number of carbonyl (C=O) groups excluding carboxylic acids is 1. The Kier molecular flexibility index (Phi) is 6.12. The molecule has 104 valence electrons. The monoisotopic (exact) mass is 257 g/mol. The van der Waals surface area contributed by atoms with Crippen LogP contribution in [0.25, 0.3) is 0 Å². The van der Waals surface area contributed by atoms with Gasteiger partial charge in [-0.2, -0.15) is 0 Å². The van der Waals surface area contributed by atoms with Crippen molar-refractivity contribution in [2.45, 2.75) is 33.1 Å². The van der Waals surface area contributed by atoms with Gasteiger partial charge in [0, 0.05) is 13.2 Å². The lowest BCUT2D eigenvalue weighted by atomic mass is 9.95. The molecule has 0 aliphatic heterocycles. The van der Waals surface area contributed by atoms with E-state index in [4.69, 9.17) is 9.84 Å². The molecule has 0 heterocycles. The molecule has 0 bridgehead atoms. The topological polar surface area (TPSA) is 75.6 Å². The van der Waals surface area contributed by atoms with Gasteiger partial charge in [-0.25, -0.2) is 0 Å². The van der Waals surface area contributed by atoms with Gasteiger partial charge in [-0.05, 0) is 18.8 Å². The second kappa shape index (κ2) is 7.36. The zero-order chi connectivity index (χ0) is 13.5. The number of ether oxygens (including phenoxy) is 1. The van der Waals surface area contributed by atoms with E-state index in [9.17, 15) is 9.59 Å². The predicted octanol–water partition coefficient (Wildman–Crippen LogP) is 1.28. The van der Waals surface area contributed by atoms with Gasteiger partial charge < -0.3 is 15.2 Å². The molecule has 1 aliphatic carbocycles. The number of amides is 1. The zero-order valence-corrected chi connectivity index (χ0v) is 11.1. The molecule has 2 N–H and O–H groups in total. The van der Waals surface area contributed by atoms with Crippen LogP contribution >= 0.6 is 0 Å². The number of carboxylic acid groups (broad SMARTS) is 1. The number of hydrogen-bond acceptors (Lipinski definition) is 3. The fourth-order valence-electron chi connectivity index (χ4n) is 2.27. The van der Waals surface area contributed by atoms with E-state index in [2.05, 4.69) is 19.2 Å². The Balaban J connectivity index is 2.22. The molecule has 0 spiro atoms. The van der Waals surface area contributed by atoms with Gasteiger partial charge in [0.15, 0.2) is 0 Å². The van der Waals surface area contributed by atoms with Gasteiger partial charge in [-0.1, -0.05) is 20.3 Å². The van der Waals surface area contributed by atoms with Gasteiger partial charge in [-0.3, -0.25) is 9.59 Å². The molecule has 1 aliphatic rings. The predicted molar refractivity (Wildman–Crippen MR) is 67.1 cm³/mol. The van der Waals surface area contributed by atoms with Crippen LogP contribution in [0.3, 0.4) is 0 Å². The van der Waals surface area contributed by atoms with Gasteiger partial charge in [0.25, 0.3) is 0 Å². The summed E-state index contributed by atoms with van der Waals surface area (Å²) < 4.78 is 5.35. The fourth-order valence-corrected chi connectivity index (χ4v) is 2.27. The molecule has 1 saturated carbocycles. The highest BCUT2D eigenvalue weighted by Crippen LogP contribution is 2.31. The van der Waals surface area contributed by atoms with Crippen LogP contribution in [0.5, 0.6) is 0 Å². The lowest BCUT2D eigenvalue weighted by molar-refractivity contribution is -0.146. The number of carboxylic acids is 1. The van der Waals surface area contributed by atoms with E-state index in [0.29, 0.717) is 38.5 Å². The molecule has 5 nitrogen and oxygen atoms in total. The van der Waals surface area contributed by atoms with Gasteiger partial charge in [-0.15, -0.1) is 0 Å². The lowest BCUT2D eigenvalue weighted by Crippen LogP contribution is -2.37. The van der Waals surface area contributed by atoms with E-state index >= 15 is 0 Å². The van der Waals surface area contributed by atoms with E-state index in [0.717, 1.165) is 6.42 Å². The average Bonchev–Trinajstić information content (AvgIpc) is 2.76. The highest BCUT2D eigenvalue weighted by Gasteiger charge is 2.37. The molecule has 2 atom stereocenters. The first-order chi connectivity index (χ1) is 8.52. The summed E-state index contributed by atoms with van der Waals surface area (Å²) in [5.74, 6) is -1.40. The Labute approximate surface area is 108 Å². The summed E-state index contributed by atoms with van der Waals surface area (Å²) in [6, 6.07) is 0. The van der Waals surface area contributed by atoms with Crippen LogP contribution in [0.4, 0.5) is 0 Å². The molecular weight excluding hydrogens is 234 g/mol. The van der Waals surface area contributed by atoms with Crippen LogP contribution in [0, 0.1) is 17.8 Å². The highest BCUT2D eigenvalue weighted by atomic mass is 16.5. The van der Waals surface area contributed by atoms with Crippen molar-refractivity contribution in [3.05, 3.63) is 0 Å². The molecule has 5 heteroatoms. The molecule has 1 amide bonds. The van der Waals surface area contributed by atoms with Gasteiger partial charge >= 0.3 is 5.97 Å². The summed E-state index contributed by atoms with van der Waals surface area (Å²) in [6.07, 6.45) is 2.10. The van der Waals surface area contributed by atoms with Crippen molar-refractivity contribution in [1.29, 1.82) is 0 Å². The van der Waals surface area contributed by atoms with Gasteiger partial charge in [0.05, 0.1) is 18.4 Å². The standard InChI is InChI=1S/C13H23NO4/c1-9(2)8-18-7-6-14-12(15)10-4-3-5-11(10)13(16)17/h9-11H,3-8H2,1-2H3,(H,14,15)(H,16,17). The molecule has 1 rings (SSSR count). The lowest BCUT2D eigenvalue weighted by Gasteiger charge is -2.15. The van der Waals surface area contributed by atoms with Crippen LogP contribution in [0.2, 0.25) is 0 Å². The van der Waals surface area contributed by atoms with E-state index in [1.54, 1.807) is 0 Å². The summed E-state index contributed by atoms with van der Waals surface area (Å²) in [5.41, 5.74) is 0. The van der Waals surface area contributed by atoms with Crippen molar-refractivity contribution in [3.63, 3.8) is 0 Å². The van der Waals surface area contributed by atoms with Crippen molar-refractivity contribution >= 4 is 11.9 Å². The normalized spacial score (nSPS) is 23.3. The van der Waals surface area contributed by atoms with Gasteiger partial charge in [0.1, 0.15) is 0 Å². The third kappa shape index (κ3) is 4.64. The van der Waals surface area contributed by atoms with Crippen LogP contribution in [-0.4, -0.2) is 36.7 Å². The zero-order valence-electron chi connectivity index (χ0n) is 11.1. The third-order valence-electron chi connectivity index (χ3n) is 3.17. The van der Waals surface area contributed by atoms with E-state index in [-0.39, 0.29) is 11.8 Å². The van der Waals surface area contributed by atoms with Crippen molar-refractivity contribution in [2.24, 2.45) is 17.8 Å². The fraction of sp³-hybridized carbons (Fsp3) is 0.846. The second-order valence-electron chi connectivity index (χ2n) is 5.24. The molecule has 18 heavy (non-hydrogen) atoms. The Morgan fingerprint density at radius 2 is 2.00 bits per heavy atom. The number of hydrogen-bond donors (Lipinski definition) is 2. The maximum Gasteiger partial charge on any atom is 0.307 e. The SMILES string of the molecule is CC(C)COCCNC(=O)C1CCCC1C(=O)O. The van der Waals surface area contributed by atoms with Crippen LogP contribution < -0.4 is 5.32 Å². The quantitative estimate of drug-likeness (QED) is 0.674. The number of rotatable bonds is 7. The Morgan fingerprint density at radius 1 is 1.33 bits per heavy atom. The Morgan fingerprint density at radius 3 is 2.61 bits per heavy atom. The second-order valence-corrected chi connectivity index (χ2v) is 5.24. The van der Waals surface area contributed by atoms with E-state index < -0.39 is 11.9 Å². The van der Waals surface area contributed by atoms with Crippen molar-refractivity contribution in [2.75, 3.05) is 19.8 Å². The van der Waals surface area contributed by atoms with Crippen LogP contribution in [-0.2, 0) is 14.3 Å². The molecule has 0 aromatic carbocycles. The minimum Gasteiger partial charge on any atom is -0.481 e. The molecular formula is C13H23NO4. The summed E-state index contributed by atoms with van der Waals surface area (Å²) in [4.78, 5) is 22.8. The first-order valence-corrected chi connectivity index (χ1v) is 6.60. The smallest absolute Gasteiger partial charge is 0.307 e. The molecule has 0 aromatic rings. The number of aliphatic carboxylic acids is 1. The van der Waals surface area contributed by atoms with Crippen LogP contribution in [0.15, 0.2) is 0 Å². The first-order valence-electron chi connectivity index (χ1n) is 6.60. The largest absolute Gasteiger partial charge is 0.481 e. The summed E-state index contributed by atoms with van der Waals surface area (Å²) >= 11 is 0. The summed E-state index contributed by atoms with van der Waals surface area (Å²) in [5, 5.41) is 11.8. The van der Waals surface area contributed by atoms with Gasteiger partial charge in [0.2, 0.25) is 5.91 Å². The molecule has 1 fully saturated rings. The number of nitrogens with one attached hydrogen (secondary N) is 1. The van der Waals surface area contributed by atoms with E-state index in [1.807, 2.05) is 0 Å². The molecule has 0 saturated heterocycles. The summed E-state index contributed by atoms with van der Waals surface area (Å²) in [6.45, 7) is 5.74. The Hall–Kier alpha value is -1.10. The average molecular weight is 257 g/mol. The first kappa shape index (κ1) is 15.0. The maximum absolute atomic E-state index is 11.8. The Bertz CT molecular complexity index is 291. The maximum atomic E-state index is 11.8.